The third kappa shape index (κ3) is 6.82. The molecule has 0 bridgehead atoms. The zero-order chi connectivity index (χ0) is 32.8. The van der Waals surface area contributed by atoms with Gasteiger partial charge in [0.2, 0.25) is 26.0 Å². The normalized spacial score (nSPS) is 17.9. The van der Waals surface area contributed by atoms with Crippen LogP contribution in [0.2, 0.25) is 0 Å². The quantitative estimate of drug-likeness (QED) is 0.247. The highest BCUT2D eigenvalue weighted by molar-refractivity contribution is 7.90. The third-order valence-corrected chi connectivity index (χ3v) is 11.3. The molecular formula is C31H31F3N4O5S2. The Morgan fingerprint density at radius 3 is 2.27 bits per heavy atom. The molecule has 238 valence electrons. The van der Waals surface area contributed by atoms with Crippen LogP contribution in [0.15, 0.2) is 90.0 Å². The van der Waals surface area contributed by atoms with Gasteiger partial charge >= 0.3 is 6.18 Å². The second kappa shape index (κ2) is 11.7. The van der Waals surface area contributed by atoms with Crippen LogP contribution in [0.4, 0.5) is 13.2 Å². The first-order chi connectivity index (χ1) is 21.0. The molecule has 45 heavy (non-hydrogen) atoms. The summed E-state index contributed by atoms with van der Waals surface area (Å²) in [7, 11) is -8.42. The summed E-state index contributed by atoms with van der Waals surface area (Å²) in [5, 5.41) is -1.06. The summed E-state index contributed by atoms with van der Waals surface area (Å²) in [5.74, 6) is -0.272. The second-order valence-electron chi connectivity index (χ2n) is 11.8. The zero-order valence-corrected chi connectivity index (χ0v) is 26.2. The predicted octanol–water partition coefficient (Wildman–Crippen LogP) is 5.76. The Labute approximate surface area is 259 Å². The number of nitrogens with zero attached hydrogens (tertiary/aromatic N) is 2. The molecule has 4 aromatic rings. The summed E-state index contributed by atoms with van der Waals surface area (Å²) >= 11 is 0. The SMILES string of the molecule is CC(C)(C)N1C(=O)CC(c2ccc(CC(NS(=O)(=O)c3cccc(C(F)(F)F)c3)c3ncc(-c4ccccc4)[nH]3)cc2)S1(=O)=O. The number of imidazole rings is 1. The van der Waals surface area contributed by atoms with Crippen molar-refractivity contribution in [3.63, 3.8) is 0 Å². The summed E-state index contributed by atoms with van der Waals surface area (Å²) in [6.45, 7) is 4.94. The van der Waals surface area contributed by atoms with Gasteiger partial charge < -0.3 is 4.98 Å². The van der Waals surface area contributed by atoms with Crippen molar-refractivity contribution < 1.29 is 34.8 Å². The van der Waals surface area contributed by atoms with Crippen LogP contribution >= 0.6 is 0 Å². The van der Waals surface area contributed by atoms with Gasteiger partial charge in [0.25, 0.3) is 0 Å². The minimum absolute atomic E-state index is 0.0185. The van der Waals surface area contributed by atoms with Gasteiger partial charge in [0, 0.05) is 0 Å². The van der Waals surface area contributed by atoms with Gasteiger partial charge in [-0.1, -0.05) is 60.7 Å². The minimum Gasteiger partial charge on any atom is -0.341 e. The van der Waals surface area contributed by atoms with E-state index in [1.165, 1.54) is 6.20 Å². The fourth-order valence-electron chi connectivity index (χ4n) is 5.33. The van der Waals surface area contributed by atoms with Crippen LogP contribution in [0, 0.1) is 0 Å². The molecule has 1 amide bonds. The number of amides is 1. The second-order valence-corrected chi connectivity index (χ2v) is 15.4. The third-order valence-electron chi connectivity index (χ3n) is 7.38. The first-order valence-electron chi connectivity index (χ1n) is 13.9. The predicted molar refractivity (Wildman–Crippen MR) is 162 cm³/mol. The fraction of sp³-hybridized carbons (Fsp3) is 0.290. The van der Waals surface area contributed by atoms with Gasteiger partial charge in [-0.05, 0) is 62.1 Å². The molecule has 9 nitrogen and oxygen atoms in total. The molecule has 1 aliphatic rings. The lowest BCUT2D eigenvalue weighted by atomic mass is 10.0. The lowest BCUT2D eigenvalue weighted by Crippen LogP contribution is -2.45. The average molecular weight is 661 g/mol. The molecule has 1 fully saturated rings. The van der Waals surface area contributed by atoms with Gasteiger partial charge in [-0.25, -0.2) is 30.8 Å². The molecule has 2 heterocycles. The standard InChI is InChI=1S/C31H31F3N4O5S2/c1-30(2,3)38-28(39)18-27(45(38,42)43)22-14-12-20(13-15-22)16-25(29-35-19-26(36-29)21-8-5-4-6-9-21)37-44(40,41)24-11-7-10-23(17-24)31(32,33)34/h4-15,17,19,25,27,37H,16,18H2,1-3H3,(H,35,36). The van der Waals surface area contributed by atoms with E-state index in [0.717, 1.165) is 28.1 Å². The average Bonchev–Trinajstić information content (AvgIpc) is 3.55. The number of rotatable bonds is 8. The molecule has 2 N–H and O–H groups in total. The number of H-pyrrole nitrogens is 1. The van der Waals surface area contributed by atoms with Crippen molar-refractivity contribution in [3.05, 3.63) is 108 Å². The molecule has 0 saturated carbocycles. The number of carbonyl (C=O) groups excluding carboxylic acids is 1. The highest BCUT2D eigenvalue weighted by atomic mass is 32.2. The Morgan fingerprint density at radius 2 is 1.67 bits per heavy atom. The number of hydrogen-bond donors (Lipinski definition) is 2. The number of benzene rings is 3. The van der Waals surface area contributed by atoms with Crippen molar-refractivity contribution in [2.75, 3.05) is 0 Å². The topological polar surface area (TPSA) is 129 Å². The summed E-state index contributed by atoms with van der Waals surface area (Å²) in [6.07, 6.45) is -3.39. The van der Waals surface area contributed by atoms with E-state index in [2.05, 4.69) is 14.7 Å². The molecule has 2 atom stereocenters. The number of sulfonamides is 2. The van der Waals surface area contributed by atoms with Gasteiger partial charge in [-0.15, -0.1) is 0 Å². The molecule has 0 spiro atoms. The van der Waals surface area contributed by atoms with Crippen LogP contribution in [0.5, 0.6) is 0 Å². The summed E-state index contributed by atoms with van der Waals surface area (Å²) in [6, 6.07) is 18.0. The molecule has 1 aromatic heterocycles. The monoisotopic (exact) mass is 660 g/mol. The van der Waals surface area contributed by atoms with Crippen molar-refractivity contribution in [3.8, 4) is 11.3 Å². The van der Waals surface area contributed by atoms with Crippen LogP contribution in [0.25, 0.3) is 11.3 Å². The van der Waals surface area contributed by atoms with Crippen molar-refractivity contribution in [1.29, 1.82) is 0 Å². The number of nitrogens with one attached hydrogen (secondary N) is 2. The summed E-state index contributed by atoms with van der Waals surface area (Å²) in [4.78, 5) is 19.6. The molecule has 1 saturated heterocycles. The molecule has 14 heteroatoms. The first kappa shape index (κ1) is 32.4. The van der Waals surface area contributed by atoms with Crippen LogP contribution in [-0.2, 0) is 37.4 Å². The highest BCUT2D eigenvalue weighted by Crippen LogP contribution is 2.40. The Morgan fingerprint density at radius 1 is 1.00 bits per heavy atom. The van der Waals surface area contributed by atoms with E-state index >= 15 is 0 Å². The van der Waals surface area contributed by atoms with Gasteiger partial charge in [0.1, 0.15) is 11.1 Å². The van der Waals surface area contributed by atoms with E-state index in [4.69, 9.17) is 0 Å². The van der Waals surface area contributed by atoms with E-state index in [1.807, 2.05) is 30.3 Å². The number of carbonyl (C=O) groups is 1. The number of halogens is 3. The first-order valence-corrected chi connectivity index (χ1v) is 16.9. The van der Waals surface area contributed by atoms with E-state index in [0.29, 0.717) is 22.9 Å². The largest absolute Gasteiger partial charge is 0.416 e. The molecule has 5 rings (SSSR count). The summed E-state index contributed by atoms with van der Waals surface area (Å²) in [5.41, 5.74) is 0.357. The van der Waals surface area contributed by atoms with Crippen LogP contribution in [0.1, 0.15) is 61.0 Å². The fourth-order valence-corrected chi connectivity index (χ4v) is 8.81. The maximum Gasteiger partial charge on any atom is 0.416 e. The lowest BCUT2D eigenvalue weighted by molar-refractivity contribution is -0.137. The van der Waals surface area contributed by atoms with Gasteiger partial charge in [0.15, 0.2) is 0 Å². The Bertz CT molecular complexity index is 1920. The highest BCUT2D eigenvalue weighted by Gasteiger charge is 2.49. The number of alkyl halides is 3. The van der Waals surface area contributed by atoms with E-state index in [9.17, 15) is 34.8 Å². The van der Waals surface area contributed by atoms with E-state index < -0.39 is 59.4 Å². The van der Waals surface area contributed by atoms with Crippen LogP contribution < -0.4 is 4.72 Å². The molecule has 3 aromatic carbocycles. The van der Waals surface area contributed by atoms with Crippen molar-refractivity contribution in [2.24, 2.45) is 0 Å². The Balaban J connectivity index is 1.46. The number of aromatic nitrogens is 2. The maximum absolute atomic E-state index is 13.4. The molecule has 1 aliphatic heterocycles. The minimum atomic E-state index is -4.74. The molecule has 0 radical (unpaired) electrons. The van der Waals surface area contributed by atoms with Crippen molar-refractivity contribution in [1.82, 2.24) is 19.0 Å². The van der Waals surface area contributed by atoms with Gasteiger partial charge in [0.05, 0.1) is 40.4 Å². The van der Waals surface area contributed by atoms with Gasteiger partial charge in [-0.2, -0.15) is 13.2 Å². The zero-order valence-electron chi connectivity index (χ0n) is 24.5. The smallest absolute Gasteiger partial charge is 0.341 e. The lowest BCUT2D eigenvalue weighted by Gasteiger charge is -2.30. The number of aromatic amines is 1. The Hall–Kier alpha value is -4.01. The van der Waals surface area contributed by atoms with E-state index in [-0.39, 0.29) is 18.7 Å². The maximum atomic E-state index is 13.4. The number of hydrogen-bond acceptors (Lipinski definition) is 6. The van der Waals surface area contributed by atoms with Crippen molar-refractivity contribution in [2.45, 2.75) is 61.5 Å². The van der Waals surface area contributed by atoms with Gasteiger partial charge in [-0.3, -0.25) is 4.79 Å². The summed E-state index contributed by atoms with van der Waals surface area (Å²) < 4.78 is 96.7. The molecular weight excluding hydrogens is 629 g/mol. The Kier molecular flexibility index (Phi) is 8.44. The van der Waals surface area contributed by atoms with Crippen LogP contribution in [-0.4, -0.2) is 42.6 Å². The molecule has 0 aliphatic carbocycles. The molecule has 2 unspecified atom stereocenters. The van der Waals surface area contributed by atoms with Crippen LogP contribution in [0.3, 0.4) is 0 Å². The van der Waals surface area contributed by atoms with Crippen molar-refractivity contribution >= 4 is 26.0 Å². The van der Waals surface area contributed by atoms with E-state index in [1.54, 1.807) is 45.0 Å².